The first-order valence-electron chi connectivity index (χ1n) is 8.02. The quantitative estimate of drug-likeness (QED) is 0.592. The predicted octanol–water partition coefficient (Wildman–Crippen LogP) is 5.29. The van der Waals surface area contributed by atoms with E-state index in [4.69, 9.17) is 20.8 Å². The molecule has 0 fully saturated rings. The van der Waals surface area contributed by atoms with Gasteiger partial charge >= 0.3 is 12.1 Å². The van der Waals surface area contributed by atoms with Gasteiger partial charge in [0, 0.05) is 10.4 Å². The maximum Gasteiger partial charge on any atom is 0.418 e. The number of anilines is 1. The second-order valence-corrected chi connectivity index (χ2v) is 6.31. The van der Waals surface area contributed by atoms with Crippen LogP contribution in [0.15, 0.2) is 52.9 Å². The molecule has 2 aromatic carbocycles. The number of nitrogens with one attached hydrogen (secondary N) is 1. The van der Waals surface area contributed by atoms with Crippen molar-refractivity contribution in [3.63, 3.8) is 0 Å². The zero-order valence-electron chi connectivity index (χ0n) is 14.3. The highest BCUT2D eigenvalue weighted by Gasteiger charge is 2.34. The third-order valence-electron chi connectivity index (χ3n) is 3.82. The van der Waals surface area contributed by atoms with E-state index in [-0.39, 0.29) is 5.76 Å². The molecule has 0 saturated carbocycles. The largest absolute Gasteiger partial charge is 0.449 e. The van der Waals surface area contributed by atoms with E-state index in [1.54, 1.807) is 18.2 Å². The van der Waals surface area contributed by atoms with E-state index in [0.717, 1.165) is 12.1 Å². The van der Waals surface area contributed by atoms with Crippen molar-refractivity contribution in [2.75, 3.05) is 5.32 Å². The summed E-state index contributed by atoms with van der Waals surface area (Å²) < 4.78 is 49.3. The van der Waals surface area contributed by atoms with E-state index < -0.39 is 35.4 Å². The third kappa shape index (κ3) is 4.28. The van der Waals surface area contributed by atoms with Gasteiger partial charge in [0.2, 0.25) is 5.76 Å². The highest BCUT2D eigenvalue weighted by Crippen LogP contribution is 2.34. The summed E-state index contributed by atoms with van der Waals surface area (Å²) in [4.78, 5) is 24.4. The summed E-state index contributed by atoms with van der Waals surface area (Å²) in [6.07, 6.45) is -6.00. The average molecular weight is 412 g/mol. The van der Waals surface area contributed by atoms with Crippen molar-refractivity contribution in [1.82, 2.24) is 0 Å². The highest BCUT2D eigenvalue weighted by molar-refractivity contribution is 6.31. The minimum Gasteiger partial charge on any atom is -0.449 e. The molecule has 5 nitrogen and oxygen atoms in total. The van der Waals surface area contributed by atoms with Crippen LogP contribution in [-0.4, -0.2) is 18.0 Å². The molecule has 0 bridgehead atoms. The van der Waals surface area contributed by atoms with Gasteiger partial charge in [0.05, 0.1) is 11.3 Å². The molecule has 146 valence electrons. The van der Waals surface area contributed by atoms with Gasteiger partial charge in [-0.05, 0) is 43.3 Å². The molecule has 0 aliphatic carbocycles. The Labute approximate surface area is 162 Å². The average Bonchev–Trinajstić information content (AvgIpc) is 3.04. The third-order valence-corrected chi connectivity index (χ3v) is 4.06. The van der Waals surface area contributed by atoms with Crippen LogP contribution in [-0.2, 0) is 15.7 Å². The number of carbonyl (C=O) groups excluding carboxylic acids is 2. The Morgan fingerprint density at radius 1 is 1.14 bits per heavy atom. The fourth-order valence-corrected chi connectivity index (χ4v) is 2.64. The fourth-order valence-electron chi connectivity index (χ4n) is 2.46. The van der Waals surface area contributed by atoms with E-state index in [1.807, 2.05) is 0 Å². The summed E-state index contributed by atoms with van der Waals surface area (Å²) in [5.74, 6) is -2.00. The number of para-hydroxylation sites is 1. The zero-order valence-corrected chi connectivity index (χ0v) is 15.1. The molecule has 0 aliphatic heterocycles. The molecule has 1 amide bonds. The molecule has 1 aromatic heterocycles. The number of halogens is 4. The van der Waals surface area contributed by atoms with E-state index in [0.29, 0.717) is 16.0 Å². The maximum atomic E-state index is 13.0. The van der Waals surface area contributed by atoms with Crippen LogP contribution in [0.25, 0.3) is 11.0 Å². The number of benzene rings is 2. The Morgan fingerprint density at radius 2 is 1.86 bits per heavy atom. The van der Waals surface area contributed by atoms with Crippen LogP contribution in [0.3, 0.4) is 0 Å². The summed E-state index contributed by atoms with van der Waals surface area (Å²) in [6.45, 7) is 1.24. The van der Waals surface area contributed by atoms with Gasteiger partial charge in [0.1, 0.15) is 5.58 Å². The van der Waals surface area contributed by atoms with Crippen molar-refractivity contribution >= 4 is 40.1 Å². The van der Waals surface area contributed by atoms with E-state index >= 15 is 0 Å². The number of alkyl halides is 3. The van der Waals surface area contributed by atoms with Gasteiger partial charge in [0.15, 0.2) is 6.10 Å². The Bertz CT molecular complexity index is 1050. The zero-order chi connectivity index (χ0) is 20.5. The molecule has 0 aliphatic rings. The lowest BCUT2D eigenvalue weighted by Gasteiger charge is -2.16. The minimum atomic E-state index is -4.64. The Hall–Kier alpha value is -3.00. The highest BCUT2D eigenvalue weighted by atomic mass is 35.5. The predicted molar refractivity (Wildman–Crippen MR) is 96.2 cm³/mol. The molecule has 0 spiro atoms. The molecule has 0 saturated heterocycles. The molecule has 1 heterocycles. The van der Waals surface area contributed by atoms with Crippen LogP contribution in [0.1, 0.15) is 23.0 Å². The summed E-state index contributed by atoms with van der Waals surface area (Å²) in [5, 5.41) is 3.14. The molecule has 0 unspecified atom stereocenters. The molecule has 1 N–H and O–H groups in total. The second-order valence-electron chi connectivity index (χ2n) is 5.87. The standard InChI is InChI=1S/C19H13ClF3NO4/c1-10(17(25)24-14-5-3-2-4-13(14)19(21,22)23)27-18(26)16-9-11-8-12(20)6-7-15(11)28-16/h2-10H,1H3,(H,24,25)/t10-/m0/s1. The van der Waals surface area contributed by atoms with Gasteiger partial charge in [-0.15, -0.1) is 0 Å². The minimum absolute atomic E-state index is 0.160. The van der Waals surface area contributed by atoms with Gasteiger partial charge in [-0.25, -0.2) is 4.79 Å². The van der Waals surface area contributed by atoms with Crippen LogP contribution < -0.4 is 5.32 Å². The van der Waals surface area contributed by atoms with Gasteiger partial charge < -0.3 is 14.5 Å². The van der Waals surface area contributed by atoms with Crippen molar-refractivity contribution < 1.29 is 31.9 Å². The Balaban J connectivity index is 1.71. The molecule has 28 heavy (non-hydrogen) atoms. The van der Waals surface area contributed by atoms with Crippen molar-refractivity contribution in [3.05, 3.63) is 64.9 Å². The number of rotatable bonds is 4. The Kier molecular flexibility index (Phi) is 5.33. The maximum absolute atomic E-state index is 13.0. The van der Waals surface area contributed by atoms with Crippen LogP contribution in [0.4, 0.5) is 18.9 Å². The SMILES string of the molecule is C[C@H](OC(=O)c1cc2cc(Cl)ccc2o1)C(=O)Nc1ccccc1C(F)(F)F. The van der Waals surface area contributed by atoms with Gasteiger partial charge in [-0.2, -0.15) is 13.2 Å². The first kappa shape index (κ1) is 19.8. The van der Waals surface area contributed by atoms with E-state index in [2.05, 4.69) is 5.32 Å². The number of carbonyl (C=O) groups is 2. The number of fused-ring (bicyclic) bond motifs is 1. The number of amides is 1. The topological polar surface area (TPSA) is 68.5 Å². The first-order chi connectivity index (χ1) is 13.1. The Morgan fingerprint density at radius 3 is 2.57 bits per heavy atom. The molecule has 0 radical (unpaired) electrons. The lowest BCUT2D eigenvalue weighted by Crippen LogP contribution is -2.30. The number of hydrogen-bond acceptors (Lipinski definition) is 4. The molecular formula is C19H13ClF3NO4. The lowest BCUT2D eigenvalue weighted by atomic mass is 10.1. The smallest absolute Gasteiger partial charge is 0.418 e. The molecule has 1 atom stereocenters. The number of ether oxygens (including phenoxy) is 1. The monoisotopic (exact) mass is 411 g/mol. The lowest BCUT2D eigenvalue weighted by molar-refractivity contribution is -0.137. The van der Waals surface area contributed by atoms with Crippen LogP contribution in [0.2, 0.25) is 5.02 Å². The molecule has 9 heteroatoms. The molecular weight excluding hydrogens is 399 g/mol. The van der Waals surface area contributed by atoms with E-state index in [1.165, 1.54) is 25.1 Å². The van der Waals surface area contributed by atoms with Crippen LogP contribution >= 0.6 is 11.6 Å². The number of hydrogen-bond donors (Lipinski definition) is 1. The summed E-state index contributed by atoms with van der Waals surface area (Å²) in [7, 11) is 0. The number of esters is 1. The molecule has 3 aromatic rings. The molecule has 3 rings (SSSR count). The van der Waals surface area contributed by atoms with E-state index in [9.17, 15) is 22.8 Å². The van der Waals surface area contributed by atoms with Crippen LogP contribution in [0, 0.1) is 0 Å². The van der Waals surface area contributed by atoms with Crippen molar-refractivity contribution in [3.8, 4) is 0 Å². The second kappa shape index (κ2) is 7.55. The van der Waals surface area contributed by atoms with Crippen molar-refractivity contribution in [1.29, 1.82) is 0 Å². The van der Waals surface area contributed by atoms with Gasteiger partial charge in [-0.1, -0.05) is 23.7 Å². The number of furan rings is 1. The van der Waals surface area contributed by atoms with Crippen molar-refractivity contribution in [2.45, 2.75) is 19.2 Å². The van der Waals surface area contributed by atoms with Crippen LogP contribution in [0.5, 0.6) is 0 Å². The van der Waals surface area contributed by atoms with Gasteiger partial charge in [-0.3, -0.25) is 4.79 Å². The normalized spacial score (nSPS) is 12.6. The summed E-state index contributed by atoms with van der Waals surface area (Å²) in [6, 6.07) is 10.6. The summed E-state index contributed by atoms with van der Waals surface area (Å²) in [5.41, 5.74) is -1.04. The fraction of sp³-hybridized carbons (Fsp3) is 0.158. The van der Waals surface area contributed by atoms with Gasteiger partial charge in [0.25, 0.3) is 5.91 Å². The summed E-state index contributed by atoms with van der Waals surface area (Å²) >= 11 is 5.86. The van der Waals surface area contributed by atoms with Crippen molar-refractivity contribution in [2.24, 2.45) is 0 Å². The first-order valence-corrected chi connectivity index (χ1v) is 8.40.